The van der Waals surface area contributed by atoms with Crippen molar-refractivity contribution in [3.63, 3.8) is 0 Å². The highest BCUT2D eigenvalue weighted by Crippen LogP contribution is 2.46. The van der Waals surface area contributed by atoms with Crippen molar-refractivity contribution in [3.05, 3.63) is 33.1 Å². The van der Waals surface area contributed by atoms with Crippen LogP contribution in [-0.2, 0) is 18.0 Å². The summed E-state index contributed by atoms with van der Waals surface area (Å²) in [6.07, 6.45) is -1.26. The van der Waals surface area contributed by atoms with Crippen molar-refractivity contribution in [2.24, 2.45) is 0 Å². The van der Waals surface area contributed by atoms with Gasteiger partial charge in [0.05, 0.1) is 7.98 Å². The Morgan fingerprint density at radius 3 is 1.74 bits per heavy atom. The van der Waals surface area contributed by atoms with Crippen molar-refractivity contribution in [1.29, 1.82) is 0 Å². The topological polar surface area (TPSA) is 91.8 Å². The molecule has 0 spiro atoms. The molecule has 1 saturated heterocycles. The third-order valence-corrected chi connectivity index (χ3v) is 22.7. The van der Waals surface area contributed by atoms with E-state index in [-0.39, 0.29) is 21.2 Å². The molecule has 1 fully saturated rings. The number of ether oxygens (including phenoxy) is 1. The van der Waals surface area contributed by atoms with Gasteiger partial charge in [-0.3, -0.25) is 14.3 Å². The lowest BCUT2D eigenvalue weighted by Crippen LogP contribution is -2.54. The van der Waals surface area contributed by atoms with Crippen LogP contribution in [0.5, 0.6) is 0 Å². The van der Waals surface area contributed by atoms with E-state index in [4.69, 9.17) is 19.4 Å². The maximum Gasteiger partial charge on any atom is 0.330 e. The van der Waals surface area contributed by atoms with Gasteiger partial charge in [0.2, 0.25) is 0 Å². The second-order valence-electron chi connectivity index (χ2n) is 15.3. The van der Waals surface area contributed by atoms with Crippen molar-refractivity contribution in [3.8, 4) is 0 Å². The Bertz CT molecular complexity index is 1130. The molecule has 0 radical (unpaired) electrons. The van der Waals surface area contributed by atoms with Gasteiger partial charge in [0.25, 0.3) is 5.56 Å². The fourth-order valence-corrected chi connectivity index (χ4v) is 7.07. The normalized spacial score (nSPS) is 24.6. The molecule has 1 aromatic rings. The number of nitrogens with zero attached hydrogens (tertiary/aromatic N) is 1. The first-order valence-corrected chi connectivity index (χ1v) is 22.4. The molecular formula is C27H54N2O6Si3. The molecule has 11 heteroatoms. The van der Waals surface area contributed by atoms with Crippen LogP contribution in [0.15, 0.2) is 21.8 Å². The summed E-state index contributed by atoms with van der Waals surface area (Å²) in [5, 5.41) is -0.167. The average molecular weight is 588 g/mol. The SMILES string of the molecule is [2H]c1cn([C@@H]2O[C@H](CO[Si](C)(C)C(C)(C)C)[C@H](O[Si](C)(C)C(C)(C)C)C2O[Si](C)(C)C(C)(C)C)c(=O)[nH]c1=O. The van der Waals surface area contributed by atoms with E-state index in [0.717, 1.165) is 0 Å². The number of aromatic amines is 1. The van der Waals surface area contributed by atoms with Gasteiger partial charge in [-0.15, -0.1) is 0 Å². The van der Waals surface area contributed by atoms with Gasteiger partial charge in [-0.1, -0.05) is 62.3 Å². The minimum Gasteiger partial charge on any atom is -0.414 e. The van der Waals surface area contributed by atoms with E-state index in [9.17, 15) is 9.59 Å². The lowest BCUT2D eigenvalue weighted by Gasteiger charge is -2.44. The molecule has 0 aromatic carbocycles. The Morgan fingerprint density at radius 2 is 1.29 bits per heavy atom. The molecule has 4 atom stereocenters. The summed E-state index contributed by atoms with van der Waals surface area (Å²) in [5.74, 6) is 0. The molecular weight excluding hydrogens is 533 g/mol. The number of hydrogen-bond acceptors (Lipinski definition) is 6. The first-order valence-electron chi connectivity index (χ1n) is 14.2. The molecule has 0 bridgehead atoms. The molecule has 0 saturated carbocycles. The van der Waals surface area contributed by atoms with Crippen molar-refractivity contribution in [1.82, 2.24) is 9.55 Å². The third-order valence-electron chi connectivity index (χ3n) is 9.24. The zero-order chi connectivity index (χ0) is 30.6. The van der Waals surface area contributed by atoms with Crippen LogP contribution in [0.2, 0.25) is 54.4 Å². The van der Waals surface area contributed by atoms with Gasteiger partial charge in [0.1, 0.15) is 18.3 Å². The van der Waals surface area contributed by atoms with Gasteiger partial charge < -0.3 is 18.0 Å². The first-order chi connectivity index (χ1) is 17.2. The van der Waals surface area contributed by atoms with Crippen LogP contribution in [0.25, 0.3) is 0 Å². The van der Waals surface area contributed by atoms with Crippen LogP contribution in [0.4, 0.5) is 0 Å². The molecule has 0 amide bonds. The molecule has 1 aromatic heterocycles. The minimum atomic E-state index is -2.38. The van der Waals surface area contributed by atoms with E-state index >= 15 is 0 Å². The monoisotopic (exact) mass is 587 g/mol. The maximum absolute atomic E-state index is 13.0. The van der Waals surface area contributed by atoms with E-state index < -0.39 is 60.7 Å². The molecule has 8 nitrogen and oxygen atoms in total. The number of aromatic nitrogens is 2. The quantitative estimate of drug-likeness (QED) is 0.362. The average Bonchev–Trinajstić information content (AvgIpc) is 3.02. The molecule has 1 aliphatic heterocycles. The molecule has 220 valence electrons. The van der Waals surface area contributed by atoms with Gasteiger partial charge >= 0.3 is 5.69 Å². The van der Waals surface area contributed by atoms with Gasteiger partial charge in [0, 0.05) is 12.2 Å². The van der Waals surface area contributed by atoms with Crippen LogP contribution in [0, 0.1) is 0 Å². The highest BCUT2D eigenvalue weighted by molar-refractivity contribution is 6.75. The maximum atomic E-state index is 13.0. The van der Waals surface area contributed by atoms with Crippen molar-refractivity contribution in [2.75, 3.05) is 6.61 Å². The summed E-state index contributed by atoms with van der Waals surface area (Å²) in [6, 6.07) is -0.313. The second-order valence-corrected chi connectivity index (χ2v) is 29.6. The smallest absolute Gasteiger partial charge is 0.330 e. The molecule has 2 rings (SSSR count). The zero-order valence-corrected chi connectivity index (χ0v) is 29.5. The summed E-state index contributed by atoms with van der Waals surface area (Å²) < 4.78 is 36.7. The lowest BCUT2D eigenvalue weighted by atomic mass is 10.1. The molecule has 38 heavy (non-hydrogen) atoms. The van der Waals surface area contributed by atoms with Gasteiger partial charge in [-0.05, 0) is 54.4 Å². The van der Waals surface area contributed by atoms with Crippen molar-refractivity contribution < 1.29 is 19.4 Å². The fraction of sp³-hybridized carbons (Fsp3) is 0.852. The lowest BCUT2D eigenvalue weighted by molar-refractivity contribution is -0.0510. The molecule has 1 aliphatic rings. The van der Waals surface area contributed by atoms with Crippen LogP contribution < -0.4 is 11.2 Å². The van der Waals surface area contributed by atoms with E-state index in [1.165, 1.54) is 10.8 Å². The molecule has 1 unspecified atom stereocenters. The van der Waals surface area contributed by atoms with Gasteiger partial charge in [-0.2, -0.15) is 0 Å². The second kappa shape index (κ2) is 10.9. The molecule has 2 heterocycles. The first kappa shape index (κ1) is 31.7. The Morgan fingerprint density at radius 1 is 0.842 bits per heavy atom. The highest BCUT2D eigenvalue weighted by Gasteiger charge is 2.55. The number of H-pyrrole nitrogens is 1. The Balaban J connectivity index is 2.70. The minimum absolute atomic E-state index is 0.00774. The predicted molar refractivity (Wildman–Crippen MR) is 163 cm³/mol. The Hall–Kier alpha value is -0.829. The summed E-state index contributed by atoms with van der Waals surface area (Å²) in [4.78, 5) is 27.3. The Labute approximate surface area is 234 Å². The largest absolute Gasteiger partial charge is 0.414 e. The van der Waals surface area contributed by atoms with E-state index in [1.54, 1.807) is 0 Å². The zero-order valence-electron chi connectivity index (χ0n) is 27.5. The summed E-state index contributed by atoms with van der Waals surface area (Å²) in [7, 11) is -6.83. The molecule has 1 N–H and O–H groups in total. The van der Waals surface area contributed by atoms with Gasteiger partial charge in [0.15, 0.2) is 31.2 Å². The van der Waals surface area contributed by atoms with Crippen molar-refractivity contribution in [2.45, 2.75) is 141 Å². The van der Waals surface area contributed by atoms with E-state index in [2.05, 4.69) is 107 Å². The van der Waals surface area contributed by atoms with Crippen LogP contribution in [0.1, 0.15) is 69.9 Å². The van der Waals surface area contributed by atoms with Crippen molar-refractivity contribution >= 4 is 25.0 Å². The summed E-state index contributed by atoms with van der Waals surface area (Å²) in [5.41, 5.74) is -1.37. The number of nitrogens with one attached hydrogen (secondary N) is 1. The van der Waals surface area contributed by atoms with E-state index in [0.29, 0.717) is 6.61 Å². The predicted octanol–water partition coefficient (Wildman–Crippen LogP) is 6.24. The Kier molecular flexibility index (Phi) is 9.06. The molecule has 0 aliphatic carbocycles. The van der Waals surface area contributed by atoms with Crippen LogP contribution >= 0.6 is 0 Å². The standard InChI is InChI=1S/C27H54N2O6Si3/c1-25(2,3)36(10,11)32-18-19-21(34-37(12,13)26(4,5)6)22(35-38(14,15)27(7,8)9)23(33-19)29-17-16-20(30)28-24(29)31/h16-17,19,21-23H,18H2,1-15H3,(H,28,30,31)/t19-,21+,22?,23-/m1/s1/i16D. The fourth-order valence-electron chi connectivity index (χ4n) is 3.45. The number of rotatable bonds is 8. The third kappa shape index (κ3) is 7.27. The summed E-state index contributed by atoms with van der Waals surface area (Å²) in [6.45, 7) is 33.1. The number of hydrogen-bond donors (Lipinski definition) is 1. The summed E-state index contributed by atoms with van der Waals surface area (Å²) >= 11 is 0. The van der Waals surface area contributed by atoms with Crippen LogP contribution in [-0.4, -0.2) is 59.4 Å². The van der Waals surface area contributed by atoms with E-state index in [1.807, 2.05) is 0 Å². The van der Waals surface area contributed by atoms with Crippen LogP contribution in [0.3, 0.4) is 0 Å². The highest BCUT2D eigenvalue weighted by atomic mass is 28.4. The van der Waals surface area contributed by atoms with Gasteiger partial charge in [-0.25, -0.2) is 4.79 Å².